The standard InChI is InChI=1S/C28H32F3N9O4/c1-26(2)6-7-44-19-15(4-3-5-16(19)26)23(43)36-18-12-40-25(33)37-17(20-27(40,21(18)41)39-24(32)38-20)11-35-22(42)13-8-14(10-34-9-13)28(29,30)31/h3-5,8-10,17-18,20-21,41H,6-7,11-12H2,1-2H3,(H2,33,37)(H,35,42)(H,36,43)(H3,32,38,39)/t17-,18?,20-,21+,27-/m0/s1. The minimum Gasteiger partial charge on any atom is -0.492 e. The number of para-hydroxylation sites is 1. The van der Waals surface area contributed by atoms with Gasteiger partial charge in [-0.15, -0.1) is 0 Å². The first-order valence-corrected chi connectivity index (χ1v) is 14.0. The number of carbonyl (C=O) groups is 2. The number of fused-ring (bicyclic) bond motifs is 1. The Bertz CT molecular complexity index is 1580. The molecule has 13 nitrogen and oxygen atoms in total. The molecule has 234 valence electrons. The number of amides is 2. The van der Waals surface area contributed by atoms with Gasteiger partial charge >= 0.3 is 6.18 Å². The smallest absolute Gasteiger partial charge is 0.417 e. The van der Waals surface area contributed by atoms with Crippen molar-refractivity contribution < 1.29 is 32.6 Å². The van der Waals surface area contributed by atoms with Crippen molar-refractivity contribution in [3.8, 4) is 5.75 Å². The van der Waals surface area contributed by atoms with Gasteiger partial charge in [-0.05, 0) is 24.0 Å². The minimum atomic E-state index is -4.67. The third kappa shape index (κ3) is 4.73. The van der Waals surface area contributed by atoms with Gasteiger partial charge in [-0.2, -0.15) is 13.2 Å². The molecule has 1 fully saturated rings. The van der Waals surface area contributed by atoms with Crippen LogP contribution in [0, 0.1) is 0 Å². The van der Waals surface area contributed by atoms with Crippen LogP contribution in [-0.4, -0.2) is 88.3 Å². The molecule has 1 spiro atoms. The topological polar surface area (TPSA) is 193 Å². The number of carbonyl (C=O) groups excluding carboxylic acids is 2. The quantitative estimate of drug-likeness (QED) is 0.270. The van der Waals surface area contributed by atoms with Gasteiger partial charge in [0, 0.05) is 31.0 Å². The number of alkyl halides is 3. The molecule has 0 aliphatic carbocycles. The second-order valence-corrected chi connectivity index (χ2v) is 11.9. The summed E-state index contributed by atoms with van der Waals surface area (Å²) in [4.78, 5) is 40.3. The number of nitrogens with zero attached hydrogens (tertiary/aromatic N) is 4. The number of rotatable bonds is 5. The predicted molar refractivity (Wildman–Crippen MR) is 152 cm³/mol. The fourth-order valence-corrected chi connectivity index (χ4v) is 6.42. The Hall–Kier alpha value is -4.60. The molecular weight excluding hydrogens is 583 g/mol. The van der Waals surface area contributed by atoms with E-state index >= 15 is 0 Å². The number of nitrogens with one attached hydrogen (secondary N) is 3. The lowest BCUT2D eigenvalue weighted by atomic mass is 9.79. The van der Waals surface area contributed by atoms with E-state index in [1.807, 2.05) is 6.07 Å². The molecule has 0 saturated carbocycles. The Kier molecular flexibility index (Phi) is 6.86. The van der Waals surface area contributed by atoms with Gasteiger partial charge in [0.2, 0.25) is 0 Å². The van der Waals surface area contributed by atoms with Crippen LogP contribution in [0.1, 0.15) is 52.1 Å². The van der Waals surface area contributed by atoms with Crippen molar-refractivity contribution in [3.05, 3.63) is 58.9 Å². The number of pyridine rings is 1. The molecule has 5 heterocycles. The Morgan fingerprint density at radius 2 is 1.98 bits per heavy atom. The van der Waals surface area contributed by atoms with E-state index < -0.39 is 53.4 Å². The van der Waals surface area contributed by atoms with Crippen LogP contribution in [0.4, 0.5) is 13.2 Å². The van der Waals surface area contributed by atoms with Crippen LogP contribution in [0.25, 0.3) is 0 Å². The first-order valence-electron chi connectivity index (χ1n) is 14.0. The Balaban J connectivity index is 1.21. The first kappa shape index (κ1) is 29.5. The van der Waals surface area contributed by atoms with Crippen LogP contribution < -0.4 is 32.2 Å². The maximum Gasteiger partial charge on any atom is 0.417 e. The monoisotopic (exact) mass is 615 g/mol. The number of aliphatic hydroxyl groups is 1. The molecule has 4 aliphatic rings. The lowest BCUT2D eigenvalue weighted by molar-refractivity contribution is -0.137. The zero-order chi connectivity index (χ0) is 31.6. The molecule has 1 aromatic carbocycles. The summed E-state index contributed by atoms with van der Waals surface area (Å²) in [5.41, 5.74) is 10.7. The van der Waals surface area contributed by atoms with E-state index in [1.165, 1.54) is 0 Å². The first-order chi connectivity index (χ1) is 20.7. The summed E-state index contributed by atoms with van der Waals surface area (Å²) >= 11 is 0. The van der Waals surface area contributed by atoms with Gasteiger partial charge in [-0.1, -0.05) is 26.0 Å². The highest BCUT2D eigenvalue weighted by Crippen LogP contribution is 2.42. The van der Waals surface area contributed by atoms with E-state index in [0.29, 0.717) is 30.2 Å². The highest BCUT2D eigenvalue weighted by molar-refractivity contribution is 5.98. The van der Waals surface area contributed by atoms with Crippen LogP contribution in [0.3, 0.4) is 0 Å². The third-order valence-electron chi connectivity index (χ3n) is 8.73. The highest BCUT2D eigenvalue weighted by Gasteiger charge is 2.65. The van der Waals surface area contributed by atoms with Crippen molar-refractivity contribution in [2.45, 2.75) is 61.8 Å². The molecule has 6 rings (SSSR count). The maximum atomic E-state index is 13.6. The van der Waals surface area contributed by atoms with Crippen molar-refractivity contribution in [2.24, 2.45) is 21.5 Å². The van der Waals surface area contributed by atoms with E-state index in [0.717, 1.165) is 18.2 Å². The molecule has 2 amide bonds. The summed E-state index contributed by atoms with van der Waals surface area (Å²) in [6.07, 6.45) is -3.52. The average Bonchev–Trinajstić information content (AvgIpc) is 3.46. The van der Waals surface area contributed by atoms with Crippen LogP contribution in [-0.2, 0) is 11.6 Å². The number of halogens is 3. The zero-order valence-electron chi connectivity index (χ0n) is 23.9. The maximum absolute atomic E-state index is 13.6. The molecule has 0 radical (unpaired) electrons. The Labute approximate surface area is 249 Å². The number of guanidine groups is 2. The van der Waals surface area contributed by atoms with Gasteiger partial charge in [0.15, 0.2) is 17.6 Å². The van der Waals surface area contributed by atoms with E-state index in [4.69, 9.17) is 16.2 Å². The molecule has 1 saturated heterocycles. The number of hydrogen-bond donors (Lipinski definition) is 6. The number of nitrogens with two attached hydrogens (primary N) is 2. The molecule has 16 heteroatoms. The van der Waals surface area contributed by atoms with Crippen molar-refractivity contribution in [1.82, 2.24) is 25.8 Å². The number of hydrogen-bond acceptors (Lipinski definition) is 11. The van der Waals surface area contributed by atoms with Gasteiger partial charge in [-0.25, -0.2) is 9.98 Å². The van der Waals surface area contributed by atoms with Crippen molar-refractivity contribution in [2.75, 3.05) is 19.7 Å². The van der Waals surface area contributed by atoms with Crippen LogP contribution in [0.2, 0.25) is 0 Å². The molecule has 4 aliphatic heterocycles. The minimum absolute atomic E-state index is 0.00314. The van der Waals surface area contributed by atoms with Crippen molar-refractivity contribution in [1.29, 1.82) is 0 Å². The molecule has 5 atom stereocenters. The number of aliphatic hydroxyl groups excluding tert-OH is 1. The summed E-state index contributed by atoms with van der Waals surface area (Å²) in [5, 5.41) is 20.2. The second kappa shape index (κ2) is 10.2. The number of ether oxygens (including phenoxy) is 1. The molecule has 0 bridgehead atoms. The van der Waals surface area contributed by atoms with E-state index in [1.54, 1.807) is 17.0 Å². The summed E-state index contributed by atoms with van der Waals surface area (Å²) < 4.78 is 45.2. The van der Waals surface area contributed by atoms with Crippen molar-refractivity contribution >= 4 is 23.7 Å². The number of aromatic nitrogens is 1. The van der Waals surface area contributed by atoms with Gasteiger partial charge in [0.05, 0.1) is 35.4 Å². The van der Waals surface area contributed by atoms with Gasteiger partial charge in [-0.3, -0.25) is 14.6 Å². The van der Waals surface area contributed by atoms with Crippen molar-refractivity contribution in [3.63, 3.8) is 0 Å². The molecule has 1 unspecified atom stereocenters. The van der Waals surface area contributed by atoms with E-state index in [2.05, 4.69) is 44.8 Å². The van der Waals surface area contributed by atoms with Gasteiger partial charge in [0.1, 0.15) is 17.9 Å². The Morgan fingerprint density at radius 3 is 2.73 bits per heavy atom. The average molecular weight is 616 g/mol. The second-order valence-electron chi connectivity index (χ2n) is 11.9. The highest BCUT2D eigenvalue weighted by atomic mass is 19.4. The molecular formula is C28H32F3N9O4. The fourth-order valence-electron chi connectivity index (χ4n) is 6.42. The molecule has 1 aromatic heterocycles. The van der Waals surface area contributed by atoms with Gasteiger partial charge in [0.25, 0.3) is 11.8 Å². The van der Waals surface area contributed by atoms with Crippen LogP contribution >= 0.6 is 0 Å². The summed E-state index contributed by atoms with van der Waals surface area (Å²) in [6, 6.07) is 3.50. The lowest BCUT2D eigenvalue weighted by Gasteiger charge is -2.46. The lowest BCUT2D eigenvalue weighted by Crippen LogP contribution is -2.73. The summed E-state index contributed by atoms with van der Waals surface area (Å²) in [7, 11) is 0. The number of aliphatic imine (C=N–C) groups is 2. The van der Waals surface area contributed by atoms with E-state index in [9.17, 15) is 27.9 Å². The van der Waals surface area contributed by atoms with Gasteiger partial charge < -0.3 is 42.2 Å². The number of benzene rings is 1. The summed E-state index contributed by atoms with van der Waals surface area (Å²) in [5.74, 6) is -0.775. The Morgan fingerprint density at radius 1 is 1.20 bits per heavy atom. The van der Waals surface area contributed by atoms with Crippen LogP contribution in [0.5, 0.6) is 5.75 Å². The largest absolute Gasteiger partial charge is 0.492 e. The molecule has 44 heavy (non-hydrogen) atoms. The molecule has 8 N–H and O–H groups in total. The predicted octanol–water partition coefficient (Wildman–Crippen LogP) is 0.0451. The zero-order valence-corrected chi connectivity index (χ0v) is 23.9. The fraction of sp³-hybridized carbons (Fsp3) is 0.464. The summed E-state index contributed by atoms with van der Waals surface area (Å²) in [6.45, 7) is 4.50. The normalized spacial score (nSPS) is 28.4. The molecule has 2 aromatic rings. The third-order valence-corrected chi connectivity index (χ3v) is 8.73. The SMILES string of the molecule is CC1(C)CCOc2c(C(=O)NC3CN4C(N)=N[C@@H](CNC(=O)c5cncc(C(F)(F)F)c5)[C@@H]5N=C(N)N[C@@]54[C@@H]3O)cccc21. The van der Waals surface area contributed by atoms with E-state index in [-0.39, 0.29) is 36.0 Å². The van der Waals surface area contributed by atoms with Crippen LogP contribution in [0.15, 0.2) is 46.6 Å².